The molecule has 3 N–H and O–H groups in total. The van der Waals surface area contributed by atoms with E-state index in [1.807, 2.05) is 12.1 Å². The lowest BCUT2D eigenvalue weighted by molar-refractivity contribution is 0.0999. The summed E-state index contributed by atoms with van der Waals surface area (Å²) in [4.78, 5) is 11.3. The molecular weight excluding hydrogens is 243 g/mol. The van der Waals surface area contributed by atoms with E-state index in [4.69, 9.17) is 5.73 Å². The summed E-state index contributed by atoms with van der Waals surface area (Å²) in [5.41, 5.74) is 7.84. The van der Waals surface area contributed by atoms with E-state index in [2.05, 4.69) is 5.32 Å². The minimum Gasteiger partial charge on any atom is -0.381 e. The molecule has 98 valence electrons. The molecule has 3 nitrogen and oxygen atoms in total. The number of anilines is 1. The molecule has 0 bridgehead atoms. The summed E-state index contributed by atoms with van der Waals surface area (Å²) in [5.74, 6) is -0.721. The highest BCUT2D eigenvalue weighted by Crippen LogP contribution is 2.19. The van der Waals surface area contributed by atoms with Gasteiger partial charge in [-0.2, -0.15) is 0 Å². The van der Waals surface area contributed by atoms with Crippen LogP contribution in [0, 0.1) is 12.7 Å². The van der Waals surface area contributed by atoms with Crippen LogP contribution in [0.3, 0.4) is 0 Å². The van der Waals surface area contributed by atoms with Gasteiger partial charge in [0, 0.05) is 23.4 Å². The van der Waals surface area contributed by atoms with Gasteiger partial charge in [-0.1, -0.05) is 24.3 Å². The van der Waals surface area contributed by atoms with Crippen LogP contribution in [0.4, 0.5) is 10.1 Å². The Morgan fingerprint density at radius 1 is 1.21 bits per heavy atom. The maximum Gasteiger partial charge on any atom is 0.249 e. The van der Waals surface area contributed by atoms with Crippen molar-refractivity contribution in [2.24, 2.45) is 5.73 Å². The highest BCUT2D eigenvalue weighted by Gasteiger charge is 2.08. The summed E-state index contributed by atoms with van der Waals surface area (Å²) in [6.45, 7) is 2.13. The van der Waals surface area contributed by atoms with Crippen LogP contribution in [0.5, 0.6) is 0 Å². The molecule has 4 heteroatoms. The molecule has 0 aliphatic rings. The number of halogens is 1. The monoisotopic (exact) mass is 258 g/mol. The molecule has 0 atom stereocenters. The Morgan fingerprint density at radius 3 is 2.68 bits per heavy atom. The first-order chi connectivity index (χ1) is 9.09. The van der Waals surface area contributed by atoms with E-state index >= 15 is 0 Å². The van der Waals surface area contributed by atoms with Crippen LogP contribution in [0.25, 0.3) is 0 Å². The number of rotatable bonds is 4. The van der Waals surface area contributed by atoms with Crippen molar-refractivity contribution in [2.45, 2.75) is 13.5 Å². The van der Waals surface area contributed by atoms with Crippen LogP contribution < -0.4 is 11.1 Å². The van der Waals surface area contributed by atoms with Crippen molar-refractivity contribution in [3.8, 4) is 0 Å². The molecule has 0 aliphatic heterocycles. The third-order valence-electron chi connectivity index (χ3n) is 3.02. The fraction of sp³-hybridized carbons (Fsp3) is 0.133. The number of carbonyl (C=O) groups excluding carboxylic acids is 1. The van der Waals surface area contributed by atoms with Gasteiger partial charge in [0.15, 0.2) is 0 Å². The second-order valence-electron chi connectivity index (χ2n) is 4.29. The van der Waals surface area contributed by atoms with Crippen molar-refractivity contribution in [1.29, 1.82) is 0 Å². The fourth-order valence-electron chi connectivity index (χ4n) is 1.90. The van der Waals surface area contributed by atoms with Gasteiger partial charge in [0.05, 0.1) is 0 Å². The Balaban J connectivity index is 2.19. The van der Waals surface area contributed by atoms with Crippen LogP contribution in [0.1, 0.15) is 21.5 Å². The summed E-state index contributed by atoms with van der Waals surface area (Å²) in [6, 6.07) is 12.0. The topological polar surface area (TPSA) is 55.1 Å². The smallest absolute Gasteiger partial charge is 0.249 e. The van der Waals surface area contributed by atoms with E-state index in [9.17, 15) is 9.18 Å². The molecule has 1 amide bonds. The average molecular weight is 258 g/mol. The summed E-state index contributed by atoms with van der Waals surface area (Å²) >= 11 is 0. The van der Waals surface area contributed by atoms with Gasteiger partial charge in [0.1, 0.15) is 5.82 Å². The maximum absolute atomic E-state index is 13.4. The number of primary amides is 1. The first-order valence-electron chi connectivity index (χ1n) is 5.96. The molecule has 2 rings (SSSR count). The van der Waals surface area contributed by atoms with Gasteiger partial charge in [0.2, 0.25) is 5.91 Å². The van der Waals surface area contributed by atoms with Gasteiger partial charge >= 0.3 is 0 Å². The molecule has 0 unspecified atom stereocenters. The van der Waals surface area contributed by atoms with Crippen molar-refractivity contribution in [1.82, 2.24) is 0 Å². The first kappa shape index (κ1) is 13.1. The zero-order valence-electron chi connectivity index (χ0n) is 10.6. The summed E-state index contributed by atoms with van der Waals surface area (Å²) in [6.07, 6.45) is 0. The van der Waals surface area contributed by atoms with Crippen LogP contribution in [0.15, 0.2) is 42.5 Å². The highest BCUT2D eigenvalue weighted by atomic mass is 19.1. The summed E-state index contributed by atoms with van der Waals surface area (Å²) in [5, 5.41) is 3.12. The Hall–Kier alpha value is -2.36. The quantitative estimate of drug-likeness (QED) is 0.886. The van der Waals surface area contributed by atoms with Gasteiger partial charge < -0.3 is 11.1 Å². The molecule has 0 saturated carbocycles. The summed E-state index contributed by atoms with van der Waals surface area (Å²) < 4.78 is 13.4. The molecular formula is C15H15FN2O. The van der Waals surface area contributed by atoms with Crippen molar-refractivity contribution in [3.63, 3.8) is 0 Å². The Labute approximate surface area is 111 Å². The minimum atomic E-state index is -0.464. The highest BCUT2D eigenvalue weighted by molar-refractivity contribution is 5.94. The molecule has 0 fully saturated rings. The van der Waals surface area contributed by atoms with E-state index in [1.54, 1.807) is 31.2 Å². The predicted molar refractivity (Wildman–Crippen MR) is 73.4 cm³/mol. The van der Waals surface area contributed by atoms with E-state index in [0.717, 1.165) is 5.56 Å². The van der Waals surface area contributed by atoms with Gasteiger partial charge in [-0.25, -0.2) is 4.39 Å². The second kappa shape index (κ2) is 5.52. The van der Waals surface area contributed by atoms with Gasteiger partial charge in [-0.05, 0) is 30.7 Å². The third kappa shape index (κ3) is 2.91. The van der Waals surface area contributed by atoms with E-state index in [-0.39, 0.29) is 5.82 Å². The number of nitrogens with two attached hydrogens (primary N) is 1. The number of benzene rings is 2. The molecule has 19 heavy (non-hydrogen) atoms. The lowest BCUT2D eigenvalue weighted by atomic mass is 10.1. The number of nitrogens with one attached hydrogen (secondary N) is 1. The van der Waals surface area contributed by atoms with Crippen molar-refractivity contribution >= 4 is 11.6 Å². The van der Waals surface area contributed by atoms with E-state index < -0.39 is 5.91 Å². The predicted octanol–water partition coefficient (Wildman–Crippen LogP) is 2.85. The Morgan fingerprint density at radius 2 is 1.95 bits per heavy atom. The van der Waals surface area contributed by atoms with Crippen LogP contribution >= 0.6 is 0 Å². The number of hydrogen-bond acceptors (Lipinski definition) is 2. The second-order valence-corrected chi connectivity index (χ2v) is 4.29. The number of hydrogen-bond donors (Lipinski definition) is 2. The lowest BCUT2D eigenvalue weighted by Crippen LogP contribution is -2.15. The van der Waals surface area contributed by atoms with Crippen LogP contribution in [-0.2, 0) is 6.54 Å². The largest absolute Gasteiger partial charge is 0.381 e. The van der Waals surface area contributed by atoms with Gasteiger partial charge in [-0.15, -0.1) is 0 Å². The lowest BCUT2D eigenvalue weighted by Gasteiger charge is -2.12. The Bertz CT molecular complexity index is 611. The molecule has 2 aromatic rings. The SMILES string of the molecule is Cc1c(F)cccc1NCc1ccccc1C(N)=O. The molecule has 0 aromatic heterocycles. The van der Waals surface area contributed by atoms with Crippen molar-refractivity contribution in [2.75, 3.05) is 5.32 Å². The average Bonchev–Trinajstić information content (AvgIpc) is 2.40. The number of amides is 1. The zero-order chi connectivity index (χ0) is 13.8. The van der Waals surface area contributed by atoms with Crippen LogP contribution in [-0.4, -0.2) is 5.91 Å². The van der Waals surface area contributed by atoms with Crippen molar-refractivity contribution < 1.29 is 9.18 Å². The van der Waals surface area contributed by atoms with Gasteiger partial charge in [0.25, 0.3) is 0 Å². The molecule has 0 radical (unpaired) electrons. The standard InChI is InChI=1S/C15H15FN2O/c1-10-13(16)7-4-8-14(10)18-9-11-5-2-3-6-12(11)15(17)19/h2-8,18H,9H2,1H3,(H2,17,19). The zero-order valence-corrected chi connectivity index (χ0v) is 10.6. The number of carbonyl (C=O) groups is 1. The van der Waals surface area contributed by atoms with Crippen LogP contribution in [0.2, 0.25) is 0 Å². The molecule has 2 aromatic carbocycles. The molecule has 0 saturated heterocycles. The molecule has 0 heterocycles. The van der Waals surface area contributed by atoms with E-state index in [1.165, 1.54) is 6.07 Å². The van der Waals surface area contributed by atoms with Gasteiger partial charge in [-0.3, -0.25) is 4.79 Å². The fourth-order valence-corrected chi connectivity index (χ4v) is 1.90. The molecule has 0 aliphatic carbocycles. The normalized spacial score (nSPS) is 10.2. The summed E-state index contributed by atoms with van der Waals surface area (Å²) in [7, 11) is 0. The third-order valence-corrected chi connectivity index (χ3v) is 3.02. The molecule has 0 spiro atoms. The minimum absolute atomic E-state index is 0.256. The van der Waals surface area contributed by atoms with Crippen molar-refractivity contribution in [3.05, 3.63) is 65.0 Å². The first-order valence-corrected chi connectivity index (χ1v) is 5.96. The Kier molecular flexibility index (Phi) is 3.80. The van der Waals surface area contributed by atoms with E-state index in [0.29, 0.717) is 23.4 Å². The maximum atomic E-state index is 13.4.